The molecule has 0 aliphatic heterocycles. The first kappa shape index (κ1) is 13.9. The van der Waals surface area contributed by atoms with Gasteiger partial charge in [-0.15, -0.1) is 11.6 Å². The number of halogens is 2. The summed E-state index contributed by atoms with van der Waals surface area (Å²) in [4.78, 5) is 0. The van der Waals surface area contributed by atoms with Crippen LogP contribution >= 0.6 is 38.9 Å². The molecule has 3 heteroatoms. The standard InChI is InChI=1S/C14H20BrClS/c1-9-4-5-10(13(16)6-9)14(2,3)11-7-17-8-12(11)15/h7-10,13H,4-6H2,1-3H3. The number of rotatable bonds is 2. The molecule has 1 aliphatic rings. The summed E-state index contributed by atoms with van der Waals surface area (Å²) in [7, 11) is 0. The van der Waals surface area contributed by atoms with E-state index < -0.39 is 0 Å². The lowest BCUT2D eigenvalue weighted by Gasteiger charge is -2.42. The van der Waals surface area contributed by atoms with Crippen LogP contribution in [0.5, 0.6) is 0 Å². The van der Waals surface area contributed by atoms with Crippen molar-refractivity contribution < 1.29 is 0 Å². The molecule has 0 radical (unpaired) electrons. The lowest BCUT2D eigenvalue weighted by atomic mass is 9.66. The van der Waals surface area contributed by atoms with E-state index in [2.05, 4.69) is 47.5 Å². The molecular formula is C14H20BrClS. The van der Waals surface area contributed by atoms with Crippen molar-refractivity contribution in [2.75, 3.05) is 0 Å². The van der Waals surface area contributed by atoms with Gasteiger partial charge in [0.25, 0.3) is 0 Å². The minimum absolute atomic E-state index is 0.172. The largest absolute Gasteiger partial charge is 0.151 e. The van der Waals surface area contributed by atoms with Gasteiger partial charge in [0.15, 0.2) is 0 Å². The first-order chi connectivity index (χ1) is 7.93. The van der Waals surface area contributed by atoms with Gasteiger partial charge in [-0.3, -0.25) is 0 Å². The Balaban J connectivity index is 2.24. The van der Waals surface area contributed by atoms with Crippen molar-refractivity contribution in [3.05, 3.63) is 20.8 Å². The second-order valence-electron chi connectivity index (χ2n) is 5.90. The topological polar surface area (TPSA) is 0 Å². The molecule has 2 rings (SSSR count). The Labute approximate surface area is 122 Å². The molecule has 0 amide bonds. The third-order valence-corrected chi connectivity index (χ3v) is 6.46. The van der Waals surface area contributed by atoms with E-state index in [0.29, 0.717) is 11.3 Å². The van der Waals surface area contributed by atoms with Crippen LogP contribution in [0.4, 0.5) is 0 Å². The van der Waals surface area contributed by atoms with Gasteiger partial charge < -0.3 is 0 Å². The molecule has 0 N–H and O–H groups in total. The number of alkyl halides is 1. The molecule has 0 nitrogen and oxygen atoms in total. The van der Waals surface area contributed by atoms with Crippen LogP contribution < -0.4 is 0 Å². The summed E-state index contributed by atoms with van der Waals surface area (Å²) in [5, 5.41) is 4.76. The van der Waals surface area contributed by atoms with Crippen LogP contribution in [0.2, 0.25) is 0 Å². The molecule has 1 aromatic rings. The highest BCUT2D eigenvalue weighted by atomic mass is 79.9. The fourth-order valence-electron chi connectivity index (χ4n) is 3.07. The van der Waals surface area contributed by atoms with Gasteiger partial charge in [-0.2, -0.15) is 11.3 Å². The summed E-state index contributed by atoms with van der Waals surface area (Å²) in [5.74, 6) is 1.38. The number of thiophene rings is 1. The van der Waals surface area contributed by atoms with Crippen LogP contribution in [0.3, 0.4) is 0 Å². The molecule has 0 aromatic carbocycles. The van der Waals surface area contributed by atoms with Crippen molar-refractivity contribution >= 4 is 38.9 Å². The maximum Gasteiger partial charge on any atom is 0.0375 e. The zero-order valence-corrected chi connectivity index (χ0v) is 13.8. The average molecular weight is 336 g/mol. The average Bonchev–Trinajstić information content (AvgIpc) is 2.64. The Hall–Kier alpha value is 0.470. The number of hydrogen-bond acceptors (Lipinski definition) is 1. The smallest absolute Gasteiger partial charge is 0.0375 e. The first-order valence-electron chi connectivity index (χ1n) is 6.29. The molecule has 1 fully saturated rings. The van der Waals surface area contributed by atoms with Crippen LogP contribution in [-0.2, 0) is 5.41 Å². The van der Waals surface area contributed by atoms with Crippen LogP contribution in [0.1, 0.15) is 45.6 Å². The maximum atomic E-state index is 6.62. The fourth-order valence-corrected chi connectivity index (χ4v) is 5.79. The van der Waals surface area contributed by atoms with Gasteiger partial charge in [0.05, 0.1) is 0 Å². The molecule has 3 unspecified atom stereocenters. The molecular weight excluding hydrogens is 316 g/mol. The van der Waals surface area contributed by atoms with Gasteiger partial charge >= 0.3 is 0 Å². The van der Waals surface area contributed by atoms with E-state index in [1.165, 1.54) is 22.9 Å². The van der Waals surface area contributed by atoms with E-state index in [4.69, 9.17) is 11.6 Å². The predicted octanol–water partition coefficient (Wildman–Crippen LogP) is 5.83. The highest BCUT2D eigenvalue weighted by Crippen LogP contribution is 2.46. The highest BCUT2D eigenvalue weighted by Gasteiger charge is 2.40. The van der Waals surface area contributed by atoms with Gasteiger partial charge in [-0.25, -0.2) is 0 Å². The Bertz CT molecular complexity index is 385. The molecule has 17 heavy (non-hydrogen) atoms. The molecule has 0 saturated heterocycles. The zero-order valence-electron chi connectivity index (χ0n) is 10.7. The van der Waals surface area contributed by atoms with E-state index in [0.717, 1.165) is 12.3 Å². The summed E-state index contributed by atoms with van der Waals surface area (Å²) in [6.45, 7) is 7.00. The second kappa shape index (κ2) is 5.22. The molecule has 1 aromatic heterocycles. The minimum atomic E-state index is 0.172. The molecule has 0 bridgehead atoms. The van der Waals surface area contributed by atoms with Crippen LogP contribution in [0.15, 0.2) is 15.2 Å². The summed E-state index contributed by atoms with van der Waals surface area (Å²) in [6.07, 6.45) is 3.74. The molecule has 96 valence electrons. The zero-order chi connectivity index (χ0) is 12.6. The Morgan fingerprint density at radius 3 is 2.59 bits per heavy atom. The van der Waals surface area contributed by atoms with Gasteiger partial charge in [0, 0.05) is 15.2 Å². The lowest BCUT2D eigenvalue weighted by molar-refractivity contribution is 0.207. The van der Waals surface area contributed by atoms with E-state index in [9.17, 15) is 0 Å². The maximum absolute atomic E-state index is 6.62. The minimum Gasteiger partial charge on any atom is -0.151 e. The number of hydrogen-bond donors (Lipinski definition) is 0. The van der Waals surface area contributed by atoms with Gasteiger partial charge in [0.1, 0.15) is 0 Å². The summed E-state index contributed by atoms with van der Waals surface area (Å²) in [5.41, 5.74) is 1.60. The van der Waals surface area contributed by atoms with Crippen LogP contribution in [0.25, 0.3) is 0 Å². The van der Waals surface area contributed by atoms with Gasteiger partial charge in [-0.1, -0.05) is 27.2 Å². The SMILES string of the molecule is CC1CCC(C(C)(C)c2cscc2Br)C(Cl)C1. The molecule has 1 heterocycles. The first-order valence-corrected chi connectivity index (χ1v) is 8.46. The van der Waals surface area contributed by atoms with Crippen molar-refractivity contribution in [3.8, 4) is 0 Å². The Kier molecular flexibility index (Phi) is 4.27. The predicted molar refractivity (Wildman–Crippen MR) is 81.2 cm³/mol. The lowest BCUT2D eigenvalue weighted by Crippen LogP contribution is -2.38. The van der Waals surface area contributed by atoms with Crippen molar-refractivity contribution in [1.82, 2.24) is 0 Å². The van der Waals surface area contributed by atoms with E-state index in [1.807, 2.05) is 0 Å². The normalized spacial score (nSPS) is 30.5. The molecule has 1 aliphatic carbocycles. The fraction of sp³-hybridized carbons (Fsp3) is 0.714. The second-order valence-corrected chi connectivity index (χ2v) is 8.05. The van der Waals surface area contributed by atoms with E-state index in [1.54, 1.807) is 11.3 Å². The third kappa shape index (κ3) is 2.74. The van der Waals surface area contributed by atoms with Crippen molar-refractivity contribution in [3.63, 3.8) is 0 Å². The quantitative estimate of drug-likeness (QED) is 0.596. The summed E-state index contributed by atoms with van der Waals surface area (Å²) in [6, 6.07) is 0. The van der Waals surface area contributed by atoms with Crippen molar-refractivity contribution in [1.29, 1.82) is 0 Å². The van der Waals surface area contributed by atoms with Crippen molar-refractivity contribution in [2.45, 2.75) is 50.8 Å². The summed E-state index contributed by atoms with van der Waals surface area (Å²) < 4.78 is 1.25. The monoisotopic (exact) mass is 334 g/mol. The molecule has 3 atom stereocenters. The van der Waals surface area contributed by atoms with Gasteiger partial charge in [0.2, 0.25) is 0 Å². The van der Waals surface area contributed by atoms with Crippen LogP contribution in [-0.4, -0.2) is 5.38 Å². The molecule has 1 saturated carbocycles. The van der Waals surface area contributed by atoms with E-state index in [-0.39, 0.29) is 5.41 Å². The molecule has 0 spiro atoms. The van der Waals surface area contributed by atoms with Crippen LogP contribution in [0, 0.1) is 11.8 Å². The Morgan fingerprint density at radius 2 is 2.06 bits per heavy atom. The van der Waals surface area contributed by atoms with E-state index >= 15 is 0 Å². The third-order valence-electron chi connectivity index (χ3n) is 4.27. The Morgan fingerprint density at radius 1 is 1.35 bits per heavy atom. The highest BCUT2D eigenvalue weighted by molar-refractivity contribution is 9.10. The van der Waals surface area contributed by atoms with Crippen molar-refractivity contribution in [2.24, 2.45) is 11.8 Å². The van der Waals surface area contributed by atoms with Gasteiger partial charge in [-0.05, 0) is 57.0 Å². The summed E-state index contributed by atoms with van der Waals surface area (Å²) >= 11 is 12.1.